The fourth-order valence-electron chi connectivity index (χ4n) is 3.92. The van der Waals surface area contributed by atoms with Gasteiger partial charge in [-0.2, -0.15) is 0 Å². The summed E-state index contributed by atoms with van der Waals surface area (Å²) >= 11 is 0. The Morgan fingerprint density at radius 2 is 1.62 bits per heavy atom. The zero-order valence-electron chi connectivity index (χ0n) is 16.6. The van der Waals surface area contributed by atoms with Crippen molar-refractivity contribution in [2.45, 2.75) is 49.3 Å². The molecule has 0 aliphatic carbocycles. The van der Waals surface area contributed by atoms with Gasteiger partial charge in [-0.05, 0) is 17.7 Å². The summed E-state index contributed by atoms with van der Waals surface area (Å²) in [5.41, 5.74) is 0.667. The Bertz CT molecular complexity index is 978. The Balaban J connectivity index is 1.68. The molecule has 11 nitrogen and oxygen atoms in total. The van der Waals surface area contributed by atoms with Crippen LogP contribution in [0.2, 0.25) is 0 Å². The van der Waals surface area contributed by atoms with Crippen LogP contribution >= 0.6 is 0 Å². The number of rotatable bonds is 4. The predicted molar refractivity (Wildman–Crippen MR) is 105 cm³/mol. The lowest BCUT2D eigenvalue weighted by Gasteiger charge is -2.43. The third kappa shape index (κ3) is 4.01. The van der Waals surface area contributed by atoms with Crippen molar-refractivity contribution in [3.63, 3.8) is 0 Å². The first-order valence-corrected chi connectivity index (χ1v) is 9.89. The molecule has 1 saturated heterocycles. The molecule has 2 aliphatic rings. The first-order valence-electron chi connectivity index (χ1n) is 9.89. The smallest absolute Gasteiger partial charge is 0.187 e. The number of aliphatic hydroxyl groups excluding tert-OH is 4. The molecular weight excluding hydrogens is 428 g/mol. The highest BCUT2D eigenvalue weighted by Gasteiger charge is 2.46. The van der Waals surface area contributed by atoms with Gasteiger partial charge in [0.05, 0.1) is 6.61 Å². The van der Waals surface area contributed by atoms with Crippen LogP contribution in [0.1, 0.15) is 17.2 Å². The number of hydrogen-bond donors (Lipinski definition) is 8. The first-order chi connectivity index (χ1) is 15.2. The standard InChI is InChI=1S/C21H24O11/c22-7-16-17(27)18(28)19(29)21(32-16)31-15-6-10-12(25)4-9(23)5-14(10)30-20(15)8-1-2-11(24)13(26)3-8/h1-5,15-29H,6-7H2/t15-,16+,17+,18+,19+,20-,21+/m1/s1. The maximum absolute atomic E-state index is 10.3. The predicted octanol–water partition coefficient (Wildman–Crippen LogP) is -0.630. The van der Waals surface area contributed by atoms with E-state index >= 15 is 0 Å². The average molecular weight is 452 g/mol. The molecule has 7 atom stereocenters. The largest absolute Gasteiger partial charge is 0.508 e. The number of benzene rings is 2. The van der Waals surface area contributed by atoms with E-state index in [4.69, 9.17) is 14.2 Å². The van der Waals surface area contributed by atoms with Crippen molar-refractivity contribution in [3.05, 3.63) is 41.5 Å². The molecule has 174 valence electrons. The lowest BCUT2D eigenvalue weighted by Crippen LogP contribution is -2.60. The van der Waals surface area contributed by atoms with E-state index in [1.54, 1.807) is 0 Å². The first kappa shape index (κ1) is 22.4. The van der Waals surface area contributed by atoms with E-state index in [-0.39, 0.29) is 29.4 Å². The lowest BCUT2D eigenvalue weighted by molar-refractivity contribution is -0.317. The van der Waals surface area contributed by atoms with Crippen molar-refractivity contribution in [3.8, 4) is 28.7 Å². The van der Waals surface area contributed by atoms with Crippen molar-refractivity contribution in [1.29, 1.82) is 0 Å². The monoisotopic (exact) mass is 452 g/mol. The molecule has 11 heteroatoms. The highest BCUT2D eigenvalue weighted by atomic mass is 16.7. The molecule has 2 aliphatic heterocycles. The number of hydrogen-bond acceptors (Lipinski definition) is 11. The summed E-state index contributed by atoms with van der Waals surface area (Å²) in [7, 11) is 0. The van der Waals surface area contributed by atoms with Crippen LogP contribution in [0, 0.1) is 0 Å². The van der Waals surface area contributed by atoms with Crippen LogP contribution in [0.3, 0.4) is 0 Å². The molecule has 2 heterocycles. The Hall–Kier alpha value is -2.80. The number of aliphatic hydroxyl groups is 4. The molecule has 0 spiro atoms. The van der Waals surface area contributed by atoms with Crippen molar-refractivity contribution in [1.82, 2.24) is 0 Å². The summed E-state index contributed by atoms with van der Waals surface area (Å²) < 4.78 is 17.2. The van der Waals surface area contributed by atoms with Crippen molar-refractivity contribution in [2.24, 2.45) is 0 Å². The van der Waals surface area contributed by atoms with Gasteiger partial charge < -0.3 is 55.1 Å². The minimum atomic E-state index is -1.66. The molecule has 2 aromatic carbocycles. The van der Waals surface area contributed by atoms with Gasteiger partial charge in [-0.25, -0.2) is 0 Å². The zero-order valence-corrected chi connectivity index (χ0v) is 16.6. The van der Waals surface area contributed by atoms with E-state index in [0.29, 0.717) is 11.1 Å². The van der Waals surface area contributed by atoms with E-state index in [0.717, 1.165) is 6.07 Å². The maximum atomic E-state index is 10.3. The maximum Gasteiger partial charge on any atom is 0.187 e. The quantitative estimate of drug-likeness (QED) is 0.276. The topological polar surface area (TPSA) is 190 Å². The number of phenols is 4. The van der Waals surface area contributed by atoms with Gasteiger partial charge in [0.1, 0.15) is 47.8 Å². The highest BCUT2D eigenvalue weighted by molar-refractivity contribution is 5.52. The van der Waals surface area contributed by atoms with E-state index in [1.807, 2.05) is 0 Å². The summed E-state index contributed by atoms with van der Waals surface area (Å²) in [6.45, 7) is -0.635. The van der Waals surface area contributed by atoms with Gasteiger partial charge in [0, 0.05) is 24.1 Å². The average Bonchev–Trinajstić information content (AvgIpc) is 2.76. The second-order valence-corrected chi connectivity index (χ2v) is 7.80. The minimum Gasteiger partial charge on any atom is -0.508 e. The van der Waals surface area contributed by atoms with Crippen molar-refractivity contribution >= 4 is 0 Å². The molecule has 0 aromatic heterocycles. The van der Waals surface area contributed by atoms with Gasteiger partial charge in [0.25, 0.3) is 0 Å². The summed E-state index contributed by atoms with van der Waals surface area (Å²) in [4.78, 5) is 0. The van der Waals surface area contributed by atoms with Crippen molar-refractivity contribution in [2.75, 3.05) is 6.61 Å². The van der Waals surface area contributed by atoms with Crippen molar-refractivity contribution < 1.29 is 55.1 Å². The van der Waals surface area contributed by atoms with Gasteiger partial charge >= 0.3 is 0 Å². The summed E-state index contributed by atoms with van der Waals surface area (Å²) in [6, 6.07) is 6.38. The SMILES string of the molecule is OC[C@@H]1O[C@H](O[C@@H]2Cc3c(O)cc(O)cc3O[C@@H]2c2ccc(O)c(O)c2)[C@@H](O)[C@@H](O)[C@H]1O. The lowest BCUT2D eigenvalue weighted by atomic mass is 9.93. The van der Waals surface area contributed by atoms with Gasteiger partial charge in [-0.1, -0.05) is 6.07 Å². The van der Waals surface area contributed by atoms with Crippen LogP contribution in [0.5, 0.6) is 28.7 Å². The van der Waals surface area contributed by atoms with E-state index < -0.39 is 55.3 Å². The Morgan fingerprint density at radius 1 is 0.875 bits per heavy atom. The number of fused-ring (bicyclic) bond motifs is 1. The molecule has 8 N–H and O–H groups in total. The molecular formula is C21H24O11. The Kier molecular flexibility index (Phi) is 6.03. The zero-order chi connectivity index (χ0) is 23.2. The molecule has 1 fully saturated rings. The van der Waals surface area contributed by atoms with Crippen LogP contribution in [-0.2, 0) is 15.9 Å². The van der Waals surface area contributed by atoms with Crippen LogP contribution < -0.4 is 4.74 Å². The molecule has 0 bridgehead atoms. The molecule has 0 amide bonds. The van der Waals surface area contributed by atoms with Crippen LogP contribution in [-0.4, -0.2) is 84.3 Å². The van der Waals surface area contributed by atoms with Gasteiger partial charge in [0.15, 0.2) is 23.9 Å². The highest BCUT2D eigenvalue weighted by Crippen LogP contribution is 2.44. The molecule has 32 heavy (non-hydrogen) atoms. The van der Waals surface area contributed by atoms with Gasteiger partial charge in [-0.3, -0.25) is 0 Å². The Labute approximate surface area is 181 Å². The molecule has 0 unspecified atom stereocenters. The third-order valence-electron chi connectivity index (χ3n) is 5.65. The molecule has 0 radical (unpaired) electrons. The summed E-state index contributed by atoms with van der Waals surface area (Å²) in [5.74, 6) is -1.10. The minimum absolute atomic E-state index is 0.0166. The molecule has 0 saturated carbocycles. The molecule has 2 aromatic rings. The fraction of sp³-hybridized carbons (Fsp3) is 0.429. The summed E-state index contributed by atoms with van der Waals surface area (Å²) in [6.07, 6.45) is -9.41. The number of aromatic hydroxyl groups is 4. The van der Waals surface area contributed by atoms with E-state index in [2.05, 4.69) is 0 Å². The van der Waals surface area contributed by atoms with Crippen LogP contribution in [0.4, 0.5) is 0 Å². The van der Waals surface area contributed by atoms with Gasteiger partial charge in [-0.15, -0.1) is 0 Å². The second kappa shape index (κ2) is 8.62. The van der Waals surface area contributed by atoms with E-state index in [9.17, 15) is 40.9 Å². The molecule has 4 rings (SSSR count). The normalized spacial score (nSPS) is 32.2. The third-order valence-corrected chi connectivity index (χ3v) is 5.65. The summed E-state index contributed by atoms with van der Waals surface area (Å²) in [5, 5.41) is 79.4. The Morgan fingerprint density at radius 3 is 2.31 bits per heavy atom. The van der Waals surface area contributed by atoms with E-state index in [1.165, 1.54) is 24.3 Å². The number of ether oxygens (including phenoxy) is 3. The van der Waals surface area contributed by atoms with Crippen LogP contribution in [0.15, 0.2) is 30.3 Å². The fourth-order valence-corrected chi connectivity index (χ4v) is 3.92. The second-order valence-electron chi connectivity index (χ2n) is 7.80. The van der Waals surface area contributed by atoms with Gasteiger partial charge in [0.2, 0.25) is 0 Å². The van der Waals surface area contributed by atoms with Crippen LogP contribution in [0.25, 0.3) is 0 Å². The number of phenolic OH excluding ortho intramolecular Hbond substituents is 4.